The Labute approximate surface area is 94.0 Å². The van der Waals surface area contributed by atoms with Gasteiger partial charge in [-0.05, 0) is 6.92 Å². The molecule has 1 rings (SSSR count). The molecular formula is C8H16IrN3O-5. The summed E-state index contributed by atoms with van der Waals surface area (Å²) in [5, 5.41) is 0. The summed E-state index contributed by atoms with van der Waals surface area (Å²) in [5.74, 6) is 0.0231. The maximum Gasteiger partial charge on any atom is 0.138 e. The normalized spacial score (nSPS) is 5.62. The minimum atomic E-state index is 0. The van der Waals surface area contributed by atoms with Gasteiger partial charge in [0.25, 0.3) is 0 Å². The molecule has 0 aromatic carbocycles. The van der Waals surface area contributed by atoms with Crippen LogP contribution in [-0.2, 0) is 20.1 Å². The van der Waals surface area contributed by atoms with E-state index in [9.17, 15) is 4.79 Å². The average Bonchev–Trinajstić information content (AvgIpc) is 2.12. The smallest absolute Gasteiger partial charge is 0.138 e. The van der Waals surface area contributed by atoms with Gasteiger partial charge >= 0.3 is 0 Å². The molecule has 0 unspecified atom stereocenters. The van der Waals surface area contributed by atoms with Crippen molar-refractivity contribution in [1.82, 2.24) is 4.98 Å². The molecule has 0 saturated heterocycles. The molecule has 0 bridgehead atoms. The standard InChI is InChI=1S/C6H7NO.2CH3.Ir.2H2N/c1-5(8)6-3-2-4-7-6;;;;;/h2-4H,1H3,(H,7,8);2*1H3;;2*1H2/q;2*-1;;2*-1/p-1. The Morgan fingerprint density at radius 2 is 1.77 bits per heavy atom. The van der Waals surface area contributed by atoms with Crippen LogP contribution in [0.15, 0.2) is 18.3 Å². The predicted octanol–water partition coefficient (Wildman–Crippen LogP) is 3.18. The Bertz CT molecular complexity index is 187. The molecule has 4 nitrogen and oxygen atoms in total. The first-order valence-corrected chi connectivity index (χ1v) is 2.39. The van der Waals surface area contributed by atoms with E-state index in [2.05, 4.69) is 4.98 Å². The number of carbonyl (C=O) groups excluding carboxylic acids is 1. The fourth-order valence-corrected chi connectivity index (χ4v) is 0.509. The van der Waals surface area contributed by atoms with Gasteiger partial charge in [-0.3, -0.25) is 4.79 Å². The third-order valence-electron chi connectivity index (χ3n) is 0.914. The average molecular weight is 362 g/mol. The van der Waals surface area contributed by atoms with Crippen molar-refractivity contribution in [3.8, 4) is 0 Å². The minimum Gasteiger partial charge on any atom is -0.693 e. The number of ketones is 1. The Kier molecular flexibility index (Phi) is 31.8. The molecule has 0 aliphatic heterocycles. The molecule has 83 valence electrons. The molecule has 0 saturated carbocycles. The van der Waals surface area contributed by atoms with E-state index in [-0.39, 0.29) is 53.0 Å². The molecule has 0 aliphatic carbocycles. The molecule has 13 heavy (non-hydrogen) atoms. The number of rotatable bonds is 1. The molecule has 1 heterocycles. The van der Waals surface area contributed by atoms with Crippen LogP contribution in [0.5, 0.6) is 0 Å². The fourth-order valence-electron chi connectivity index (χ4n) is 0.509. The van der Waals surface area contributed by atoms with Crippen LogP contribution >= 0.6 is 0 Å². The number of carbonyl (C=O) groups is 1. The van der Waals surface area contributed by atoms with Gasteiger partial charge in [0.1, 0.15) is 5.78 Å². The number of hydrogen-bond donors (Lipinski definition) is 0. The van der Waals surface area contributed by atoms with Gasteiger partial charge in [-0.2, -0.15) is 6.20 Å². The molecule has 1 aromatic heterocycles. The summed E-state index contributed by atoms with van der Waals surface area (Å²) in [4.78, 5) is 14.2. The first-order chi connectivity index (χ1) is 3.80. The first kappa shape index (κ1) is 29.4. The van der Waals surface area contributed by atoms with E-state index in [0.717, 1.165) is 0 Å². The Hall–Kier alpha value is -0.481. The molecule has 0 fully saturated rings. The van der Waals surface area contributed by atoms with Crippen LogP contribution in [0.1, 0.15) is 17.4 Å². The van der Waals surface area contributed by atoms with Crippen molar-refractivity contribution in [1.29, 1.82) is 0 Å². The number of hydrogen-bond acceptors (Lipinski definition) is 1. The quantitative estimate of drug-likeness (QED) is 0.566. The van der Waals surface area contributed by atoms with Gasteiger partial charge in [0.15, 0.2) is 0 Å². The summed E-state index contributed by atoms with van der Waals surface area (Å²) in [5.41, 5.74) is 0.546. The summed E-state index contributed by atoms with van der Waals surface area (Å²) in [6.07, 6.45) is 1.61. The van der Waals surface area contributed by atoms with E-state index >= 15 is 0 Å². The van der Waals surface area contributed by atoms with E-state index in [1.165, 1.54) is 6.92 Å². The third-order valence-corrected chi connectivity index (χ3v) is 0.914. The molecule has 0 spiro atoms. The van der Waals surface area contributed by atoms with E-state index in [4.69, 9.17) is 0 Å². The number of Topliss-reactive ketones (excluding diaryl/α,β-unsaturated/α-hetero) is 1. The molecule has 0 aliphatic rings. The van der Waals surface area contributed by atoms with Crippen LogP contribution in [0.2, 0.25) is 0 Å². The largest absolute Gasteiger partial charge is 0.693 e. The summed E-state index contributed by atoms with van der Waals surface area (Å²) in [6, 6.07) is 3.44. The van der Waals surface area contributed by atoms with Crippen LogP contribution in [0.3, 0.4) is 0 Å². The number of nitrogens with two attached hydrogens (primary N) is 2. The summed E-state index contributed by atoms with van der Waals surface area (Å²) in [6.45, 7) is 1.50. The van der Waals surface area contributed by atoms with Crippen molar-refractivity contribution >= 4 is 5.78 Å². The van der Waals surface area contributed by atoms with Gasteiger partial charge in [-0.1, -0.05) is 17.8 Å². The predicted molar refractivity (Wildman–Crippen MR) is 53.2 cm³/mol. The SMILES string of the molecule is CC(=O)c1ccc[n-]1.[CH3-].[CH3-].[Ir].[NH2-].[NH2-]. The van der Waals surface area contributed by atoms with Crippen molar-refractivity contribution in [2.75, 3.05) is 0 Å². The van der Waals surface area contributed by atoms with Gasteiger partial charge in [0.05, 0.1) is 0 Å². The van der Waals surface area contributed by atoms with Gasteiger partial charge in [0, 0.05) is 20.1 Å². The van der Waals surface area contributed by atoms with Gasteiger partial charge in [-0.15, -0.1) is 0 Å². The van der Waals surface area contributed by atoms with Crippen LogP contribution in [0.4, 0.5) is 0 Å². The van der Waals surface area contributed by atoms with Crippen molar-refractivity contribution < 1.29 is 24.9 Å². The second-order valence-corrected chi connectivity index (χ2v) is 1.58. The molecule has 1 radical (unpaired) electrons. The number of nitrogens with zero attached hydrogens (tertiary/aromatic N) is 1. The zero-order valence-electron chi connectivity index (χ0n) is 8.08. The Morgan fingerprint density at radius 1 is 1.31 bits per heavy atom. The van der Waals surface area contributed by atoms with Gasteiger partial charge in [-0.25, -0.2) is 0 Å². The summed E-state index contributed by atoms with van der Waals surface area (Å²) in [7, 11) is 0. The Balaban J connectivity index is -0.0000000427. The number of aromatic nitrogens is 1. The fraction of sp³-hybridized carbons (Fsp3) is 0.125. The van der Waals surface area contributed by atoms with E-state index in [1.807, 2.05) is 0 Å². The molecular weight excluding hydrogens is 346 g/mol. The second kappa shape index (κ2) is 14.1. The topological polar surface area (TPSA) is 98.2 Å². The molecule has 1 aromatic rings. The van der Waals surface area contributed by atoms with Crippen molar-refractivity contribution in [2.24, 2.45) is 0 Å². The zero-order chi connectivity index (χ0) is 5.98. The van der Waals surface area contributed by atoms with Crippen molar-refractivity contribution in [3.63, 3.8) is 0 Å². The van der Waals surface area contributed by atoms with Crippen molar-refractivity contribution in [2.45, 2.75) is 6.92 Å². The molecule has 0 atom stereocenters. The van der Waals surface area contributed by atoms with Crippen LogP contribution in [0, 0.1) is 14.9 Å². The maximum atomic E-state index is 10.4. The molecule has 4 N–H and O–H groups in total. The first-order valence-electron chi connectivity index (χ1n) is 2.39. The van der Waals surface area contributed by atoms with Gasteiger partial charge in [0.2, 0.25) is 0 Å². The zero-order valence-corrected chi connectivity index (χ0v) is 10.5. The molecule has 0 amide bonds. The van der Waals surface area contributed by atoms with Crippen LogP contribution in [-0.4, -0.2) is 5.78 Å². The third kappa shape index (κ3) is 9.43. The second-order valence-electron chi connectivity index (χ2n) is 1.58. The monoisotopic (exact) mass is 363 g/mol. The Morgan fingerprint density at radius 3 is 1.92 bits per heavy atom. The van der Waals surface area contributed by atoms with E-state index in [1.54, 1.807) is 18.3 Å². The maximum absolute atomic E-state index is 10.4. The van der Waals surface area contributed by atoms with Gasteiger partial charge < -0.3 is 32.1 Å². The molecule has 5 heteroatoms. The summed E-state index contributed by atoms with van der Waals surface area (Å²) >= 11 is 0. The van der Waals surface area contributed by atoms with E-state index in [0.29, 0.717) is 5.69 Å². The van der Waals surface area contributed by atoms with E-state index < -0.39 is 0 Å². The minimum absolute atomic E-state index is 0. The summed E-state index contributed by atoms with van der Waals surface area (Å²) < 4.78 is 0. The van der Waals surface area contributed by atoms with Crippen LogP contribution in [0.25, 0.3) is 12.3 Å². The van der Waals surface area contributed by atoms with Crippen molar-refractivity contribution in [3.05, 3.63) is 51.2 Å². The van der Waals surface area contributed by atoms with Crippen LogP contribution < -0.4 is 4.98 Å².